The van der Waals surface area contributed by atoms with Crippen molar-refractivity contribution in [3.05, 3.63) is 0 Å². The van der Waals surface area contributed by atoms with Gasteiger partial charge in [0, 0.05) is 18.4 Å². The van der Waals surface area contributed by atoms with Gasteiger partial charge in [-0.1, -0.05) is 33.6 Å². The predicted octanol–water partition coefficient (Wildman–Crippen LogP) is 1.90. The van der Waals surface area contributed by atoms with Crippen molar-refractivity contribution in [1.82, 2.24) is 15.5 Å². The smallest absolute Gasteiger partial charge is 0.408 e. The molecule has 0 aromatic rings. The van der Waals surface area contributed by atoms with Crippen LogP contribution in [0.2, 0.25) is 0 Å². The SMILES string of the molecule is CC(C)(C)OC(=O)N[C@H](C(=O)N1CC2C([C@H]1C(=O)NC(CC1CC1)C(=O)C(N)=O)C2(Cl)Cl)C(C)(C)C. The number of primary amides is 1. The molecule has 202 valence electrons. The molecule has 2 aliphatic carbocycles. The van der Waals surface area contributed by atoms with Gasteiger partial charge in [0.2, 0.25) is 17.6 Å². The Kier molecular flexibility index (Phi) is 7.65. The molecular formula is C24H36Cl2N4O6. The van der Waals surface area contributed by atoms with E-state index >= 15 is 0 Å². The van der Waals surface area contributed by atoms with Crippen LogP contribution in [0.4, 0.5) is 4.79 Å². The van der Waals surface area contributed by atoms with E-state index in [9.17, 15) is 24.0 Å². The fourth-order valence-electron chi connectivity index (χ4n) is 4.72. The Labute approximate surface area is 221 Å². The maximum atomic E-state index is 13.7. The van der Waals surface area contributed by atoms with Crippen LogP contribution in [0.25, 0.3) is 0 Å². The highest BCUT2D eigenvalue weighted by Gasteiger charge is 2.74. The summed E-state index contributed by atoms with van der Waals surface area (Å²) in [7, 11) is 0. The highest BCUT2D eigenvalue weighted by Crippen LogP contribution is 2.65. The number of hydrogen-bond acceptors (Lipinski definition) is 6. The molecule has 5 atom stereocenters. The summed E-state index contributed by atoms with van der Waals surface area (Å²) in [5, 5.41) is 5.27. The van der Waals surface area contributed by atoms with Crippen molar-refractivity contribution >= 4 is 52.8 Å². The number of Topliss-reactive ketones (excluding diaryl/α,β-unsaturated/α-hetero) is 1. The van der Waals surface area contributed by atoms with Crippen molar-refractivity contribution in [2.24, 2.45) is 28.9 Å². The summed E-state index contributed by atoms with van der Waals surface area (Å²) >= 11 is 12.8. The third-order valence-electron chi connectivity index (χ3n) is 6.80. The van der Waals surface area contributed by atoms with Gasteiger partial charge in [0.15, 0.2) is 0 Å². The number of hydrogen-bond donors (Lipinski definition) is 3. The molecule has 10 nitrogen and oxygen atoms in total. The minimum absolute atomic E-state index is 0.105. The zero-order valence-corrected chi connectivity index (χ0v) is 23.0. The number of ether oxygens (including phenoxy) is 1. The normalized spacial score (nSPS) is 26.3. The Bertz CT molecular complexity index is 953. The number of carbonyl (C=O) groups excluding carboxylic acids is 5. The van der Waals surface area contributed by atoms with Crippen LogP contribution in [0.15, 0.2) is 0 Å². The number of ketones is 1. The fraction of sp³-hybridized carbons (Fsp3) is 0.792. The van der Waals surface area contributed by atoms with E-state index in [-0.39, 0.29) is 18.4 Å². The lowest BCUT2D eigenvalue weighted by atomic mass is 9.85. The van der Waals surface area contributed by atoms with Gasteiger partial charge in [-0.05, 0) is 38.5 Å². The van der Waals surface area contributed by atoms with E-state index in [2.05, 4.69) is 10.6 Å². The van der Waals surface area contributed by atoms with E-state index in [0.717, 1.165) is 12.8 Å². The molecule has 2 saturated carbocycles. The first-order valence-electron chi connectivity index (χ1n) is 12.2. The number of amides is 4. The van der Waals surface area contributed by atoms with E-state index in [4.69, 9.17) is 33.7 Å². The average molecular weight is 547 g/mol. The summed E-state index contributed by atoms with van der Waals surface area (Å²) in [6.45, 7) is 10.6. The van der Waals surface area contributed by atoms with Crippen LogP contribution in [0.5, 0.6) is 0 Å². The summed E-state index contributed by atoms with van der Waals surface area (Å²) in [4.78, 5) is 65.0. The lowest BCUT2D eigenvalue weighted by Gasteiger charge is -2.37. The van der Waals surface area contributed by atoms with Crippen molar-refractivity contribution in [2.75, 3.05) is 6.54 Å². The van der Waals surface area contributed by atoms with E-state index in [1.807, 2.05) is 0 Å². The number of fused-ring (bicyclic) bond motifs is 1. The minimum Gasteiger partial charge on any atom is -0.444 e. The molecule has 0 bridgehead atoms. The van der Waals surface area contributed by atoms with Crippen LogP contribution in [0.3, 0.4) is 0 Å². The molecule has 0 aromatic heterocycles. The lowest BCUT2D eigenvalue weighted by molar-refractivity contribution is -0.144. The van der Waals surface area contributed by atoms with Crippen molar-refractivity contribution in [1.29, 1.82) is 0 Å². The largest absolute Gasteiger partial charge is 0.444 e. The molecule has 4 N–H and O–H groups in total. The number of halogens is 2. The molecule has 0 aromatic carbocycles. The van der Waals surface area contributed by atoms with Crippen molar-refractivity contribution in [3.8, 4) is 0 Å². The molecule has 36 heavy (non-hydrogen) atoms. The molecule has 1 heterocycles. The van der Waals surface area contributed by atoms with Crippen LogP contribution in [0, 0.1) is 23.2 Å². The molecule has 1 saturated heterocycles. The van der Waals surface area contributed by atoms with Gasteiger partial charge >= 0.3 is 6.09 Å². The number of rotatable bonds is 8. The highest BCUT2D eigenvalue weighted by molar-refractivity contribution is 6.51. The van der Waals surface area contributed by atoms with Gasteiger partial charge in [-0.25, -0.2) is 4.79 Å². The third-order valence-corrected chi connectivity index (χ3v) is 7.86. The van der Waals surface area contributed by atoms with Gasteiger partial charge in [0.1, 0.15) is 22.0 Å². The Morgan fingerprint density at radius 3 is 2.11 bits per heavy atom. The second-order valence-electron chi connectivity index (χ2n) is 12.2. The quantitative estimate of drug-likeness (QED) is 0.312. The summed E-state index contributed by atoms with van der Waals surface area (Å²) in [5.41, 5.74) is 3.70. The first-order valence-corrected chi connectivity index (χ1v) is 12.9. The lowest BCUT2D eigenvalue weighted by Crippen LogP contribution is -2.61. The second-order valence-corrected chi connectivity index (χ2v) is 13.6. The number of nitrogens with two attached hydrogens (primary N) is 1. The molecule has 3 unspecified atom stereocenters. The molecule has 3 rings (SSSR count). The van der Waals surface area contributed by atoms with Crippen LogP contribution in [0.1, 0.15) is 60.8 Å². The number of alkyl carbamates (subject to hydrolysis) is 1. The Hall–Kier alpha value is -2.07. The molecule has 3 aliphatic rings. The molecule has 0 spiro atoms. The summed E-state index contributed by atoms with van der Waals surface area (Å²) < 4.78 is 4.13. The molecule has 0 radical (unpaired) electrons. The molecular weight excluding hydrogens is 511 g/mol. The maximum absolute atomic E-state index is 13.7. The summed E-state index contributed by atoms with van der Waals surface area (Å²) in [6, 6.07) is -3.18. The van der Waals surface area contributed by atoms with Gasteiger partial charge in [0.05, 0.1) is 6.04 Å². The number of likely N-dealkylation sites (tertiary alicyclic amines) is 1. The standard InChI is InChI=1S/C24H36Cl2N4O6/c1-22(2,3)17(29-21(35)36-23(4,5)6)20(34)30-10-12-14(24(12,25)26)15(30)19(33)28-13(9-11-7-8-11)16(31)18(27)32/h11-15,17H,7-10H2,1-6H3,(H2,27,32)(H,28,33)(H,29,35)/t12?,13?,14?,15-,17+/m0/s1. The topological polar surface area (TPSA) is 148 Å². The van der Waals surface area contributed by atoms with Crippen LogP contribution >= 0.6 is 23.2 Å². The number of alkyl halides is 2. The van der Waals surface area contributed by atoms with E-state index in [1.165, 1.54) is 4.90 Å². The van der Waals surface area contributed by atoms with Gasteiger partial charge in [-0.3, -0.25) is 19.2 Å². The Morgan fingerprint density at radius 1 is 1.06 bits per heavy atom. The predicted molar refractivity (Wildman–Crippen MR) is 133 cm³/mol. The number of carbonyl (C=O) groups is 5. The van der Waals surface area contributed by atoms with Crippen molar-refractivity contribution in [2.45, 2.75) is 88.9 Å². The zero-order valence-electron chi connectivity index (χ0n) is 21.5. The van der Waals surface area contributed by atoms with Crippen LogP contribution in [-0.2, 0) is 23.9 Å². The number of nitrogens with one attached hydrogen (secondary N) is 2. The van der Waals surface area contributed by atoms with Crippen LogP contribution in [-0.4, -0.2) is 69.1 Å². The molecule has 12 heteroatoms. The first-order chi connectivity index (χ1) is 16.3. The van der Waals surface area contributed by atoms with Gasteiger partial charge in [-0.15, -0.1) is 23.2 Å². The van der Waals surface area contributed by atoms with E-state index in [1.54, 1.807) is 41.5 Å². The van der Waals surface area contributed by atoms with Gasteiger partial charge in [0.25, 0.3) is 5.91 Å². The maximum Gasteiger partial charge on any atom is 0.408 e. The fourth-order valence-corrected chi connectivity index (χ4v) is 5.55. The molecule has 1 aliphatic heterocycles. The number of nitrogens with zero attached hydrogens (tertiary/aromatic N) is 1. The van der Waals surface area contributed by atoms with Crippen molar-refractivity contribution < 1.29 is 28.7 Å². The minimum atomic E-state index is -1.20. The summed E-state index contributed by atoms with van der Waals surface area (Å²) in [6.07, 6.45) is 1.32. The van der Waals surface area contributed by atoms with Gasteiger partial charge in [-0.2, -0.15) is 0 Å². The monoisotopic (exact) mass is 546 g/mol. The highest BCUT2D eigenvalue weighted by atomic mass is 35.5. The Morgan fingerprint density at radius 2 is 1.64 bits per heavy atom. The number of piperidine rings is 1. The van der Waals surface area contributed by atoms with E-state index < -0.39 is 69.0 Å². The second kappa shape index (κ2) is 9.67. The first kappa shape index (κ1) is 28.5. The third kappa shape index (κ3) is 6.25. The Balaban J connectivity index is 1.83. The zero-order chi connectivity index (χ0) is 27.4. The average Bonchev–Trinajstić information content (AvgIpc) is 3.55. The van der Waals surface area contributed by atoms with Crippen LogP contribution < -0.4 is 16.4 Å². The molecule has 3 fully saturated rings. The van der Waals surface area contributed by atoms with Gasteiger partial charge < -0.3 is 26.0 Å². The van der Waals surface area contributed by atoms with E-state index in [0.29, 0.717) is 6.42 Å². The molecule has 4 amide bonds. The van der Waals surface area contributed by atoms with Crippen molar-refractivity contribution in [3.63, 3.8) is 0 Å². The summed E-state index contributed by atoms with van der Waals surface area (Å²) in [5.74, 6) is -3.84.